The van der Waals surface area contributed by atoms with Crippen molar-refractivity contribution in [3.05, 3.63) is 14.5 Å². The van der Waals surface area contributed by atoms with Crippen molar-refractivity contribution in [2.45, 2.75) is 19.2 Å². The molecule has 0 N–H and O–H groups in total. The van der Waals surface area contributed by atoms with Gasteiger partial charge in [0.05, 0.1) is 19.9 Å². The van der Waals surface area contributed by atoms with Gasteiger partial charge in [-0.3, -0.25) is 0 Å². The zero-order valence-corrected chi connectivity index (χ0v) is 8.85. The third-order valence-electron chi connectivity index (χ3n) is 1.09. The predicted molar refractivity (Wildman–Crippen MR) is 48.8 cm³/mol. The Morgan fingerprint density at radius 1 is 1.70 bits per heavy atom. The second-order valence-electron chi connectivity index (χ2n) is 2.01. The summed E-state index contributed by atoms with van der Waals surface area (Å²) >= 11 is 10.8. The fourth-order valence-corrected chi connectivity index (χ4v) is 2.88. The van der Waals surface area contributed by atoms with Crippen molar-refractivity contribution in [2.75, 3.05) is 0 Å². The zero-order valence-electron chi connectivity index (χ0n) is 5.69. The molecule has 1 heterocycles. The van der Waals surface area contributed by atoms with E-state index in [0.29, 0.717) is 0 Å². The molecule has 1 unspecified atom stereocenters. The molecular formula is C6H7BrClNS. The van der Waals surface area contributed by atoms with Crippen molar-refractivity contribution in [1.82, 2.24) is 4.98 Å². The van der Waals surface area contributed by atoms with Gasteiger partial charge in [0.15, 0.2) is 0 Å². The number of aryl methyl sites for hydroxylation is 1. The summed E-state index contributed by atoms with van der Waals surface area (Å²) in [5, 5.41) is 1.05. The van der Waals surface area contributed by atoms with Gasteiger partial charge in [-0.05, 0) is 29.8 Å². The van der Waals surface area contributed by atoms with E-state index in [-0.39, 0.29) is 5.38 Å². The van der Waals surface area contributed by atoms with E-state index in [1.165, 1.54) is 0 Å². The molecule has 4 heteroatoms. The van der Waals surface area contributed by atoms with E-state index in [2.05, 4.69) is 20.9 Å². The molecule has 1 atom stereocenters. The highest BCUT2D eigenvalue weighted by molar-refractivity contribution is 9.11. The van der Waals surface area contributed by atoms with Crippen LogP contribution in [0.1, 0.15) is 23.0 Å². The van der Waals surface area contributed by atoms with Gasteiger partial charge in [-0.1, -0.05) is 0 Å². The van der Waals surface area contributed by atoms with Crippen LogP contribution in [0, 0.1) is 6.92 Å². The summed E-state index contributed by atoms with van der Waals surface area (Å²) in [5.41, 5.74) is 0.948. The molecule has 1 aromatic heterocycles. The molecule has 0 amide bonds. The predicted octanol–water partition coefficient (Wildman–Crippen LogP) is 3.51. The third kappa shape index (κ3) is 1.71. The molecule has 0 saturated carbocycles. The van der Waals surface area contributed by atoms with Gasteiger partial charge in [0.25, 0.3) is 0 Å². The molecule has 1 nitrogen and oxygen atoms in total. The largest absolute Gasteiger partial charge is 0.244 e. The monoisotopic (exact) mass is 239 g/mol. The second kappa shape index (κ2) is 3.20. The summed E-state index contributed by atoms with van der Waals surface area (Å²) in [6, 6.07) is 0. The molecule has 1 aromatic rings. The number of nitrogens with zero attached hydrogens (tertiary/aromatic N) is 1. The lowest BCUT2D eigenvalue weighted by molar-refractivity contribution is 0.997. The van der Waals surface area contributed by atoms with Gasteiger partial charge in [-0.25, -0.2) is 4.98 Å². The SMILES string of the molecule is Cc1nc(C(C)Cl)c(Br)s1. The second-order valence-corrected chi connectivity index (χ2v) is 5.18. The number of halogens is 2. The fraction of sp³-hybridized carbons (Fsp3) is 0.500. The van der Waals surface area contributed by atoms with Crippen LogP contribution in [0.2, 0.25) is 0 Å². The number of aromatic nitrogens is 1. The molecule has 0 aliphatic rings. The van der Waals surface area contributed by atoms with Crippen molar-refractivity contribution >= 4 is 38.9 Å². The number of hydrogen-bond acceptors (Lipinski definition) is 2. The van der Waals surface area contributed by atoms with Crippen molar-refractivity contribution in [2.24, 2.45) is 0 Å². The first-order chi connectivity index (χ1) is 4.61. The normalized spacial score (nSPS) is 13.6. The van der Waals surface area contributed by atoms with Crippen LogP contribution in [0.5, 0.6) is 0 Å². The zero-order chi connectivity index (χ0) is 7.72. The topological polar surface area (TPSA) is 12.9 Å². The van der Waals surface area contributed by atoms with Crippen LogP contribution in [-0.2, 0) is 0 Å². The van der Waals surface area contributed by atoms with Crippen LogP contribution in [-0.4, -0.2) is 4.98 Å². The lowest BCUT2D eigenvalue weighted by Crippen LogP contribution is -1.84. The first kappa shape index (κ1) is 8.50. The van der Waals surface area contributed by atoms with Crippen LogP contribution < -0.4 is 0 Å². The lowest BCUT2D eigenvalue weighted by atomic mass is 10.4. The minimum atomic E-state index is -0.000625. The molecule has 0 fully saturated rings. The van der Waals surface area contributed by atoms with Crippen LogP contribution >= 0.6 is 38.9 Å². The summed E-state index contributed by atoms with van der Waals surface area (Å²) in [6.45, 7) is 3.89. The van der Waals surface area contributed by atoms with E-state index in [4.69, 9.17) is 11.6 Å². The van der Waals surface area contributed by atoms with Gasteiger partial charge in [-0.15, -0.1) is 22.9 Å². The Balaban J connectivity index is 3.03. The number of alkyl halides is 1. The molecule has 10 heavy (non-hydrogen) atoms. The summed E-state index contributed by atoms with van der Waals surface area (Å²) in [4.78, 5) is 4.25. The minimum absolute atomic E-state index is 0.000625. The van der Waals surface area contributed by atoms with Gasteiger partial charge < -0.3 is 0 Å². The highest BCUT2D eigenvalue weighted by Gasteiger charge is 2.10. The maximum atomic E-state index is 5.84. The fourth-order valence-electron chi connectivity index (χ4n) is 0.664. The van der Waals surface area contributed by atoms with Gasteiger partial charge in [0.1, 0.15) is 0 Å². The van der Waals surface area contributed by atoms with Crippen LogP contribution in [0.25, 0.3) is 0 Å². The van der Waals surface area contributed by atoms with E-state index in [1.54, 1.807) is 11.3 Å². The Kier molecular flexibility index (Phi) is 2.72. The third-order valence-corrected chi connectivity index (χ3v) is 2.97. The smallest absolute Gasteiger partial charge is 0.0947 e. The molecule has 0 saturated heterocycles. The van der Waals surface area contributed by atoms with Crippen molar-refractivity contribution in [3.63, 3.8) is 0 Å². The van der Waals surface area contributed by atoms with Gasteiger partial charge in [0.2, 0.25) is 0 Å². The van der Waals surface area contributed by atoms with Gasteiger partial charge >= 0.3 is 0 Å². The van der Waals surface area contributed by atoms with Crippen molar-refractivity contribution < 1.29 is 0 Å². The average Bonchev–Trinajstić information content (AvgIpc) is 2.10. The molecular weight excluding hydrogens is 233 g/mol. The summed E-state index contributed by atoms with van der Waals surface area (Å²) in [5.74, 6) is 0. The summed E-state index contributed by atoms with van der Waals surface area (Å²) < 4.78 is 1.05. The summed E-state index contributed by atoms with van der Waals surface area (Å²) in [6.07, 6.45) is 0. The Morgan fingerprint density at radius 2 is 2.30 bits per heavy atom. The standard InChI is InChI=1S/C6H7BrClNS/c1-3(8)5-6(7)10-4(2)9-5/h3H,1-2H3. The van der Waals surface area contributed by atoms with Crippen molar-refractivity contribution in [1.29, 1.82) is 0 Å². The highest BCUT2D eigenvalue weighted by Crippen LogP contribution is 2.31. The highest BCUT2D eigenvalue weighted by atomic mass is 79.9. The number of thiazole rings is 1. The number of hydrogen-bond donors (Lipinski definition) is 0. The Bertz CT molecular complexity index is 234. The van der Waals surface area contributed by atoms with Crippen LogP contribution in [0.4, 0.5) is 0 Å². The molecule has 0 bridgehead atoms. The molecule has 0 spiro atoms. The minimum Gasteiger partial charge on any atom is -0.244 e. The Morgan fingerprint density at radius 3 is 2.50 bits per heavy atom. The average molecular weight is 241 g/mol. The van der Waals surface area contributed by atoms with Crippen LogP contribution in [0.3, 0.4) is 0 Å². The number of rotatable bonds is 1. The lowest BCUT2D eigenvalue weighted by Gasteiger charge is -1.95. The first-order valence-corrected chi connectivity index (χ1v) is 4.92. The molecule has 1 rings (SSSR count). The quantitative estimate of drug-likeness (QED) is 0.685. The van der Waals surface area contributed by atoms with E-state index in [1.807, 2.05) is 13.8 Å². The maximum absolute atomic E-state index is 5.84. The van der Waals surface area contributed by atoms with Gasteiger partial charge in [-0.2, -0.15) is 0 Å². The molecule has 0 radical (unpaired) electrons. The first-order valence-electron chi connectivity index (χ1n) is 2.88. The van der Waals surface area contributed by atoms with E-state index < -0.39 is 0 Å². The van der Waals surface area contributed by atoms with Crippen molar-refractivity contribution in [3.8, 4) is 0 Å². The maximum Gasteiger partial charge on any atom is 0.0947 e. The van der Waals surface area contributed by atoms with E-state index in [0.717, 1.165) is 14.5 Å². The van der Waals surface area contributed by atoms with Gasteiger partial charge in [0, 0.05) is 0 Å². The molecule has 0 aromatic carbocycles. The molecule has 56 valence electrons. The summed E-state index contributed by atoms with van der Waals surface area (Å²) in [7, 11) is 0. The Labute approximate surface area is 77.6 Å². The van der Waals surface area contributed by atoms with Crippen LogP contribution in [0.15, 0.2) is 3.79 Å². The molecule has 0 aliphatic heterocycles. The molecule has 0 aliphatic carbocycles. The Hall–Kier alpha value is 0.400. The van der Waals surface area contributed by atoms with E-state index in [9.17, 15) is 0 Å². The van der Waals surface area contributed by atoms with E-state index >= 15 is 0 Å².